The second kappa shape index (κ2) is 5.21. The van der Waals surface area contributed by atoms with Crippen LogP contribution in [0.3, 0.4) is 0 Å². The van der Waals surface area contributed by atoms with Crippen molar-refractivity contribution in [1.29, 1.82) is 0 Å². The third-order valence-corrected chi connectivity index (χ3v) is 3.96. The van der Waals surface area contributed by atoms with Crippen LogP contribution in [0.5, 0.6) is 0 Å². The van der Waals surface area contributed by atoms with Crippen LogP contribution in [0.2, 0.25) is 0 Å². The third-order valence-electron chi connectivity index (χ3n) is 3.07. The molecule has 1 N–H and O–H groups in total. The average molecular weight is 298 g/mol. The van der Waals surface area contributed by atoms with Crippen molar-refractivity contribution in [2.45, 2.75) is 40.7 Å². The number of carbonyl (C=O) groups excluding carboxylic acids is 1. The lowest BCUT2D eigenvalue weighted by atomic mass is 9.88. The molecule has 1 aromatic carbocycles. The third kappa shape index (κ3) is 3.84. The molecule has 1 atom stereocenters. The summed E-state index contributed by atoms with van der Waals surface area (Å²) < 4.78 is 1.03. The predicted molar refractivity (Wildman–Crippen MR) is 75.3 cm³/mol. The molecule has 0 heterocycles. The number of carbonyl (C=O) groups is 1. The lowest BCUT2D eigenvalue weighted by Crippen LogP contribution is -2.41. The molecule has 0 bridgehead atoms. The SMILES string of the molecule is Cc1cc(C(=O)NC(C)C(C)(C)C)ccc1Br. The number of amides is 1. The number of hydrogen-bond acceptors (Lipinski definition) is 1. The lowest BCUT2D eigenvalue weighted by Gasteiger charge is -2.28. The molecular weight excluding hydrogens is 278 g/mol. The van der Waals surface area contributed by atoms with Gasteiger partial charge in [-0.05, 0) is 43.0 Å². The second-order valence-electron chi connectivity index (χ2n) is 5.53. The summed E-state index contributed by atoms with van der Waals surface area (Å²) in [7, 11) is 0. The van der Waals surface area contributed by atoms with E-state index in [1.165, 1.54) is 0 Å². The highest BCUT2D eigenvalue weighted by atomic mass is 79.9. The van der Waals surface area contributed by atoms with E-state index in [2.05, 4.69) is 42.0 Å². The highest BCUT2D eigenvalue weighted by Gasteiger charge is 2.22. The maximum Gasteiger partial charge on any atom is 0.251 e. The van der Waals surface area contributed by atoms with Crippen molar-refractivity contribution in [2.75, 3.05) is 0 Å². The zero-order valence-corrected chi connectivity index (χ0v) is 12.7. The largest absolute Gasteiger partial charge is 0.349 e. The molecule has 0 fully saturated rings. The van der Waals surface area contributed by atoms with E-state index in [9.17, 15) is 4.79 Å². The summed E-state index contributed by atoms with van der Waals surface area (Å²) in [6.07, 6.45) is 0. The highest BCUT2D eigenvalue weighted by molar-refractivity contribution is 9.10. The Morgan fingerprint density at radius 1 is 1.35 bits per heavy atom. The second-order valence-corrected chi connectivity index (χ2v) is 6.38. The number of aryl methyl sites for hydroxylation is 1. The van der Waals surface area contributed by atoms with Gasteiger partial charge >= 0.3 is 0 Å². The Balaban J connectivity index is 2.80. The van der Waals surface area contributed by atoms with Crippen LogP contribution in [0.25, 0.3) is 0 Å². The summed E-state index contributed by atoms with van der Waals surface area (Å²) in [6, 6.07) is 5.78. The summed E-state index contributed by atoms with van der Waals surface area (Å²) in [5.74, 6) is -0.0111. The van der Waals surface area contributed by atoms with E-state index in [0.717, 1.165) is 10.0 Å². The first kappa shape index (κ1) is 14.2. The van der Waals surface area contributed by atoms with Gasteiger partial charge in [0.05, 0.1) is 0 Å². The molecule has 2 nitrogen and oxygen atoms in total. The van der Waals surface area contributed by atoms with Crippen molar-refractivity contribution >= 4 is 21.8 Å². The van der Waals surface area contributed by atoms with Crippen LogP contribution in [-0.2, 0) is 0 Å². The van der Waals surface area contributed by atoms with Gasteiger partial charge in [-0.25, -0.2) is 0 Å². The van der Waals surface area contributed by atoms with Crippen molar-refractivity contribution in [2.24, 2.45) is 5.41 Å². The molecule has 0 spiro atoms. The monoisotopic (exact) mass is 297 g/mol. The summed E-state index contributed by atoms with van der Waals surface area (Å²) in [5.41, 5.74) is 1.85. The fourth-order valence-corrected chi connectivity index (χ4v) is 1.53. The van der Waals surface area contributed by atoms with Gasteiger partial charge in [-0.15, -0.1) is 0 Å². The van der Waals surface area contributed by atoms with E-state index in [1.54, 1.807) is 0 Å². The van der Waals surface area contributed by atoms with Gasteiger partial charge in [0.2, 0.25) is 0 Å². The molecular formula is C14H20BrNO. The lowest BCUT2D eigenvalue weighted by molar-refractivity contribution is 0.0910. The van der Waals surface area contributed by atoms with E-state index in [1.807, 2.05) is 32.0 Å². The summed E-state index contributed by atoms with van der Waals surface area (Å²) in [4.78, 5) is 12.0. The normalized spacial score (nSPS) is 13.3. The minimum atomic E-state index is -0.0111. The van der Waals surface area contributed by atoms with Gasteiger partial charge in [-0.3, -0.25) is 4.79 Å². The predicted octanol–water partition coefficient (Wildman–Crippen LogP) is 3.92. The van der Waals surface area contributed by atoms with Crippen LogP contribution >= 0.6 is 15.9 Å². The van der Waals surface area contributed by atoms with E-state index >= 15 is 0 Å². The fourth-order valence-electron chi connectivity index (χ4n) is 1.28. The number of nitrogens with one attached hydrogen (secondary N) is 1. The van der Waals surface area contributed by atoms with E-state index in [-0.39, 0.29) is 17.4 Å². The molecule has 0 aliphatic heterocycles. The van der Waals surface area contributed by atoms with Gasteiger partial charge < -0.3 is 5.32 Å². The van der Waals surface area contributed by atoms with Gasteiger partial charge in [-0.1, -0.05) is 36.7 Å². The molecule has 0 aromatic heterocycles. The molecule has 0 saturated carbocycles. The van der Waals surface area contributed by atoms with Crippen molar-refractivity contribution < 1.29 is 4.79 Å². The van der Waals surface area contributed by atoms with Crippen molar-refractivity contribution in [3.05, 3.63) is 33.8 Å². The molecule has 1 rings (SSSR count). The average Bonchev–Trinajstić information content (AvgIpc) is 2.20. The van der Waals surface area contributed by atoms with E-state index in [4.69, 9.17) is 0 Å². The number of benzene rings is 1. The Morgan fingerprint density at radius 2 is 1.94 bits per heavy atom. The first-order valence-corrected chi connectivity index (χ1v) is 6.58. The van der Waals surface area contributed by atoms with Crippen molar-refractivity contribution in [3.8, 4) is 0 Å². The van der Waals surface area contributed by atoms with Gasteiger partial charge in [-0.2, -0.15) is 0 Å². The molecule has 94 valence electrons. The maximum atomic E-state index is 12.0. The topological polar surface area (TPSA) is 29.1 Å². The zero-order valence-electron chi connectivity index (χ0n) is 11.1. The quantitative estimate of drug-likeness (QED) is 0.881. The van der Waals surface area contributed by atoms with E-state index in [0.29, 0.717) is 5.56 Å². The van der Waals surface area contributed by atoms with Crippen molar-refractivity contribution in [3.63, 3.8) is 0 Å². The van der Waals surface area contributed by atoms with E-state index < -0.39 is 0 Å². The van der Waals surface area contributed by atoms with Crippen molar-refractivity contribution in [1.82, 2.24) is 5.32 Å². The molecule has 1 amide bonds. The highest BCUT2D eigenvalue weighted by Crippen LogP contribution is 2.20. The summed E-state index contributed by atoms with van der Waals surface area (Å²) in [5, 5.41) is 3.03. The first-order chi connectivity index (χ1) is 7.71. The summed E-state index contributed by atoms with van der Waals surface area (Å²) >= 11 is 3.43. The number of hydrogen-bond donors (Lipinski definition) is 1. The van der Waals surface area contributed by atoms with Crippen LogP contribution in [0.4, 0.5) is 0 Å². The minimum Gasteiger partial charge on any atom is -0.349 e. The fraction of sp³-hybridized carbons (Fsp3) is 0.500. The van der Waals surface area contributed by atoms with Crippen LogP contribution in [0.15, 0.2) is 22.7 Å². The molecule has 3 heteroatoms. The van der Waals surface area contributed by atoms with Gasteiger partial charge in [0.25, 0.3) is 5.91 Å². The van der Waals surface area contributed by atoms with Crippen LogP contribution < -0.4 is 5.32 Å². The molecule has 1 unspecified atom stereocenters. The summed E-state index contributed by atoms with van der Waals surface area (Å²) in [6.45, 7) is 10.4. The standard InChI is InChI=1S/C14H20BrNO/c1-9-8-11(6-7-12(9)15)13(17)16-10(2)14(3,4)5/h6-8,10H,1-5H3,(H,16,17). The molecule has 1 aromatic rings. The van der Waals surface area contributed by atoms with Gasteiger partial charge in [0.15, 0.2) is 0 Å². The molecule has 0 aliphatic rings. The van der Waals surface area contributed by atoms with Crippen LogP contribution in [0, 0.1) is 12.3 Å². The van der Waals surface area contributed by atoms with Gasteiger partial charge in [0, 0.05) is 16.1 Å². The Hall–Kier alpha value is -0.830. The zero-order chi connectivity index (χ0) is 13.2. The Morgan fingerprint density at radius 3 is 2.41 bits per heavy atom. The maximum absolute atomic E-state index is 12.0. The Kier molecular flexibility index (Phi) is 4.36. The molecule has 17 heavy (non-hydrogen) atoms. The van der Waals surface area contributed by atoms with Gasteiger partial charge in [0.1, 0.15) is 0 Å². The molecule has 0 radical (unpaired) electrons. The smallest absolute Gasteiger partial charge is 0.251 e. The molecule has 0 saturated heterocycles. The first-order valence-electron chi connectivity index (χ1n) is 5.79. The molecule has 0 aliphatic carbocycles. The number of halogens is 1. The minimum absolute atomic E-state index is 0.0111. The Labute approximate surface area is 112 Å². The van der Waals surface area contributed by atoms with Crippen LogP contribution in [0.1, 0.15) is 43.6 Å². The van der Waals surface area contributed by atoms with Crippen LogP contribution in [-0.4, -0.2) is 11.9 Å². The Bertz CT molecular complexity index is 421. The number of rotatable bonds is 2.